The Hall–Kier alpha value is -0.240. The molecule has 0 fully saturated rings. The second kappa shape index (κ2) is 2.79. The molecular formula is C8H11BrO. The predicted molar refractivity (Wildman–Crippen MR) is 45.5 cm³/mol. The van der Waals surface area contributed by atoms with Crippen LogP contribution in [0.5, 0.6) is 0 Å². The highest BCUT2D eigenvalue weighted by molar-refractivity contribution is 9.09. The van der Waals surface area contributed by atoms with Crippen LogP contribution in [-0.2, 0) is 5.41 Å². The maximum atomic E-state index is 4.98. The molecule has 1 aromatic heterocycles. The van der Waals surface area contributed by atoms with Gasteiger partial charge in [0.1, 0.15) is 0 Å². The van der Waals surface area contributed by atoms with Gasteiger partial charge in [-0.1, -0.05) is 29.8 Å². The van der Waals surface area contributed by atoms with Crippen LogP contribution in [-0.4, -0.2) is 5.33 Å². The monoisotopic (exact) mass is 202 g/mol. The molecule has 0 spiro atoms. The van der Waals surface area contributed by atoms with Crippen LogP contribution in [0.1, 0.15) is 19.4 Å². The van der Waals surface area contributed by atoms with Gasteiger partial charge in [0.15, 0.2) is 0 Å². The lowest BCUT2D eigenvalue weighted by molar-refractivity contribution is 0.542. The first-order valence-electron chi connectivity index (χ1n) is 3.25. The molecule has 0 N–H and O–H groups in total. The van der Waals surface area contributed by atoms with Crippen molar-refractivity contribution in [2.45, 2.75) is 19.3 Å². The number of halogens is 1. The summed E-state index contributed by atoms with van der Waals surface area (Å²) in [5.74, 6) is 0. The summed E-state index contributed by atoms with van der Waals surface area (Å²) in [6.07, 6.45) is 3.50. The van der Waals surface area contributed by atoms with Crippen LogP contribution in [0.25, 0.3) is 0 Å². The molecule has 0 saturated carbocycles. The van der Waals surface area contributed by atoms with E-state index in [0.29, 0.717) is 0 Å². The van der Waals surface area contributed by atoms with E-state index in [1.54, 1.807) is 12.5 Å². The average Bonchev–Trinajstić information content (AvgIpc) is 2.38. The minimum absolute atomic E-state index is 0.188. The minimum atomic E-state index is 0.188. The van der Waals surface area contributed by atoms with Crippen molar-refractivity contribution in [3.63, 3.8) is 0 Å². The Kier molecular flexibility index (Phi) is 2.19. The van der Waals surface area contributed by atoms with Gasteiger partial charge in [-0.05, 0) is 11.6 Å². The third-order valence-corrected chi connectivity index (χ3v) is 3.04. The van der Waals surface area contributed by atoms with Crippen molar-refractivity contribution in [3.8, 4) is 0 Å². The van der Waals surface area contributed by atoms with Crippen molar-refractivity contribution < 1.29 is 4.42 Å². The smallest absolute Gasteiger partial charge is 0.0940 e. The minimum Gasteiger partial charge on any atom is -0.472 e. The summed E-state index contributed by atoms with van der Waals surface area (Å²) in [5, 5.41) is 0.958. The SMILES string of the molecule is CC(C)(CBr)c1ccoc1. The summed E-state index contributed by atoms with van der Waals surface area (Å²) in [4.78, 5) is 0. The topological polar surface area (TPSA) is 13.1 Å². The zero-order valence-corrected chi connectivity index (χ0v) is 7.81. The van der Waals surface area contributed by atoms with Crippen molar-refractivity contribution in [2.24, 2.45) is 0 Å². The lowest BCUT2D eigenvalue weighted by atomic mass is 9.89. The molecule has 2 heteroatoms. The summed E-state index contributed by atoms with van der Waals surface area (Å²) in [6.45, 7) is 4.35. The fourth-order valence-electron chi connectivity index (χ4n) is 0.727. The number of furan rings is 1. The number of hydrogen-bond donors (Lipinski definition) is 0. The average molecular weight is 203 g/mol. The molecule has 56 valence electrons. The molecular weight excluding hydrogens is 192 g/mol. The molecule has 0 amide bonds. The van der Waals surface area contributed by atoms with Gasteiger partial charge in [-0.3, -0.25) is 0 Å². The van der Waals surface area contributed by atoms with Crippen molar-refractivity contribution in [3.05, 3.63) is 24.2 Å². The van der Waals surface area contributed by atoms with Gasteiger partial charge in [0.25, 0.3) is 0 Å². The van der Waals surface area contributed by atoms with E-state index in [1.807, 2.05) is 6.07 Å². The fourth-order valence-corrected chi connectivity index (χ4v) is 1.05. The molecule has 0 radical (unpaired) electrons. The highest BCUT2D eigenvalue weighted by Gasteiger charge is 2.19. The molecule has 1 rings (SSSR count). The summed E-state index contributed by atoms with van der Waals surface area (Å²) in [6, 6.07) is 2.00. The lowest BCUT2D eigenvalue weighted by Crippen LogP contribution is -2.17. The van der Waals surface area contributed by atoms with E-state index < -0.39 is 0 Å². The van der Waals surface area contributed by atoms with E-state index in [9.17, 15) is 0 Å². The van der Waals surface area contributed by atoms with E-state index in [4.69, 9.17) is 4.42 Å². The molecule has 1 heterocycles. The van der Waals surface area contributed by atoms with E-state index in [1.165, 1.54) is 5.56 Å². The van der Waals surface area contributed by atoms with Gasteiger partial charge in [-0.2, -0.15) is 0 Å². The molecule has 0 aliphatic rings. The first-order valence-corrected chi connectivity index (χ1v) is 4.37. The van der Waals surface area contributed by atoms with Gasteiger partial charge < -0.3 is 4.42 Å². The molecule has 0 bridgehead atoms. The highest BCUT2D eigenvalue weighted by atomic mass is 79.9. The Morgan fingerprint density at radius 2 is 2.30 bits per heavy atom. The van der Waals surface area contributed by atoms with Gasteiger partial charge in [-0.25, -0.2) is 0 Å². The van der Waals surface area contributed by atoms with Crippen molar-refractivity contribution in [1.82, 2.24) is 0 Å². The van der Waals surface area contributed by atoms with E-state index >= 15 is 0 Å². The summed E-state index contributed by atoms with van der Waals surface area (Å²) in [7, 11) is 0. The van der Waals surface area contributed by atoms with Crippen molar-refractivity contribution >= 4 is 15.9 Å². The second-order valence-corrected chi connectivity index (χ2v) is 3.59. The third-order valence-electron chi connectivity index (χ3n) is 1.64. The molecule has 0 aliphatic carbocycles. The summed E-state index contributed by atoms with van der Waals surface area (Å²) < 4.78 is 4.98. The quantitative estimate of drug-likeness (QED) is 0.673. The van der Waals surface area contributed by atoms with Gasteiger partial charge in [0.05, 0.1) is 12.5 Å². The fraction of sp³-hybridized carbons (Fsp3) is 0.500. The van der Waals surface area contributed by atoms with Gasteiger partial charge in [0.2, 0.25) is 0 Å². The number of alkyl halides is 1. The zero-order valence-electron chi connectivity index (χ0n) is 6.23. The molecule has 0 aliphatic heterocycles. The number of hydrogen-bond acceptors (Lipinski definition) is 1. The van der Waals surface area contributed by atoms with Gasteiger partial charge in [-0.15, -0.1) is 0 Å². The van der Waals surface area contributed by atoms with E-state index in [0.717, 1.165) is 5.33 Å². The second-order valence-electron chi connectivity index (χ2n) is 3.03. The molecule has 0 saturated heterocycles. The Balaban J connectivity index is 2.85. The summed E-state index contributed by atoms with van der Waals surface area (Å²) >= 11 is 3.45. The van der Waals surface area contributed by atoms with Crippen LogP contribution in [0.3, 0.4) is 0 Å². The first-order chi connectivity index (χ1) is 4.67. The summed E-state index contributed by atoms with van der Waals surface area (Å²) in [5.41, 5.74) is 1.43. The molecule has 0 unspecified atom stereocenters. The molecule has 10 heavy (non-hydrogen) atoms. The largest absolute Gasteiger partial charge is 0.472 e. The normalized spacial score (nSPS) is 11.9. The Labute approximate surface area is 69.6 Å². The maximum absolute atomic E-state index is 4.98. The third kappa shape index (κ3) is 1.43. The van der Waals surface area contributed by atoms with Crippen LogP contribution >= 0.6 is 15.9 Å². The standard InChI is InChI=1S/C8H11BrO/c1-8(2,6-9)7-3-4-10-5-7/h3-5H,6H2,1-2H3. The van der Waals surface area contributed by atoms with Crippen LogP contribution in [0.4, 0.5) is 0 Å². The van der Waals surface area contributed by atoms with Crippen LogP contribution in [0, 0.1) is 0 Å². The van der Waals surface area contributed by atoms with E-state index in [2.05, 4.69) is 29.8 Å². The van der Waals surface area contributed by atoms with Crippen molar-refractivity contribution in [2.75, 3.05) is 5.33 Å². The maximum Gasteiger partial charge on any atom is 0.0940 e. The van der Waals surface area contributed by atoms with Crippen LogP contribution in [0.2, 0.25) is 0 Å². The lowest BCUT2D eigenvalue weighted by Gasteiger charge is -2.18. The number of rotatable bonds is 2. The Morgan fingerprint density at radius 1 is 1.60 bits per heavy atom. The molecule has 0 aromatic carbocycles. The van der Waals surface area contributed by atoms with Gasteiger partial charge in [0, 0.05) is 10.7 Å². The Morgan fingerprint density at radius 3 is 2.70 bits per heavy atom. The predicted octanol–water partition coefficient (Wildman–Crippen LogP) is 2.95. The van der Waals surface area contributed by atoms with Crippen molar-refractivity contribution in [1.29, 1.82) is 0 Å². The zero-order chi connectivity index (χ0) is 7.61. The molecule has 1 nitrogen and oxygen atoms in total. The van der Waals surface area contributed by atoms with Crippen LogP contribution in [0.15, 0.2) is 23.0 Å². The van der Waals surface area contributed by atoms with Gasteiger partial charge >= 0.3 is 0 Å². The van der Waals surface area contributed by atoms with Crippen LogP contribution < -0.4 is 0 Å². The highest BCUT2D eigenvalue weighted by Crippen LogP contribution is 2.24. The molecule has 1 aromatic rings. The van der Waals surface area contributed by atoms with E-state index in [-0.39, 0.29) is 5.41 Å². The first kappa shape index (κ1) is 7.86. The Bertz CT molecular complexity index is 189. The molecule has 0 atom stereocenters.